The lowest BCUT2D eigenvalue weighted by molar-refractivity contribution is -0.197. The van der Waals surface area contributed by atoms with Gasteiger partial charge in [-0.05, 0) is 6.92 Å². The maximum absolute atomic E-state index is 12.7. The van der Waals surface area contributed by atoms with Crippen LogP contribution in [0.5, 0.6) is 0 Å². The Morgan fingerprint density at radius 2 is 1.42 bits per heavy atom. The first-order chi connectivity index (χ1) is 18.3. The van der Waals surface area contributed by atoms with Crippen molar-refractivity contribution in [2.24, 2.45) is 0 Å². The van der Waals surface area contributed by atoms with Crippen LogP contribution in [0.3, 0.4) is 0 Å². The predicted molar refractivity (Wildman–Crippen MR) is 127 cm³/mol. The van der Waals surface area contributed by atoms with Gasteiger partial charge in [-0.3, -0.25) is 24.0 Å². The van der Waals surface area contributed by atoms with Gasteiger partial charge in [0.25, 0.3) is 11.8 Å². The molecule has 0 aromatic heterocycles. The van der Waals surface area contributed by atoms with Gasteiger partial charge >= 0.3 is 11.9 Å². The van der Waals surface area contributed by atoms with Crippen LogP contribution in [0.1, 0.15) is 32.6 Å². The minimum Gasteiger partial charge on any atom is -0.465 e. The van der Waals surface area contributed by atoms with Gasteiger partial charge in [0, 0.05) is 32.9 Å². The molecule has 1 aliphatic heterocycles. The fourth-order valence-electron chi connectivity index (χ4n) is 2.94. The number of hydroxylamine groups is 2. The van der Waals surface area contributed by atoms with E-state index in [4.69, 9.17) is 28.5 Å². The molecule has 0 spiro atoms. The molecule has 1 heterocycles. The van der Waals surface area contributed by atoms with Crippen LogP contribution in [-0.2, 0) is 57.3 Å². The van der Waals surface area contributed by atoms with Crippen LogP contribution in [0, 0.1) is 0 Å². The third kappa shape index (κ3) is 14.6. The SMILES string of the molecule is CCOC(=O)CNC(=O)CN(CCOCCOCCOCCOC)C(=O)CCC(=O)ON1C(=O)CCC1=O. The molecule has 15 heteroatoms. The summed E-state index contributed by atoms with van der Waals surface area (Å²) in [5.41, 5.74) is 0. The molecule has 216 valence electrons. The van der Waals surface area contributed by atoms with Gasteiger partial charge in [0.15, 0.2) is 0 Å². The molecule has 1 saturated heterocycles. The number of imide groups is 1. The van der Waals surface area contributed by atoms with Crippen LogP contribution in [0.15, 0.2) is 0 Å². The number of methoxy groups -OCH3 is 1. The summed E-state index contributed by atoms with van der Waals surface area (Å²) in [6, 6.07) is 0. The Labute approximate surface area is 220 Å². The van der Waals surface area contributed by atoms with E-state index in [-0.39, 0.29) is 52.2 Å². The third-order valence-electron chi connectivity index (χ3n) is 4.85. The maximum Gasteiger partial charge on any atom is 0.333 e. The Hall–Kier alpha value is -3.14. The van der Waals surface area contributed by atoms with Crippen LogP contribution in [0.2, 0.25) is 0 Å². The van der Waals surface area contributed by atoms with Crippen LogP contribution < -0.4 is 5.32 Å². The van der Waals surface area contributed by atoms with Crippen LogP contribution in [0.4, 0.5) is 0 Å². The molecular formula is C23H37N3O12. The van der Waals surface area contributed by atoms with Gasteiger partial charge in [0.2, 0.25) is 11.8 Å². The van der Waals surface area contributed by atoms with Crippen molar-refractivity contribution in [1.82, 2.24) is 15.3 Å². The summed E-state index contributed by atoms with van der Waals surface area (Å²) in [5, 5.41) is 2.76. The molecule has 0 unspecified atom stereocenters. The van der Waals surface area contributed by atoms with E-state index < -0.39 is 48.5 Å². The van der Waals surface area contributed by atoms with Gasteiger partial charge in [0.1, 0.15) is 6.54 Å². The van der Waals surface area contributed by atoms with E-state index in [9.17, 15) is 28.8 Å². The van der Waals surface area contributed by atoms with Gasteiger partial charge < -0.3 is 38.7 Å². The number of hydrogen-bond acceptors (Lipinski definition) is 12. The molecule has 0 aliphatic carbocycles. The largest absolute Gasteiger partial charge is 0.465 e. The number of hydrogen-bond donors (Lipinski definition) is 1. The van der Waals surface area contributed by atoms with Crippen molar-refractivity contribution in [3.05, 3.63) is 0 Å². The molecule has 0 saturated carbocycles. The Kier molecular flexibility index (Phi) is 17.2. The van der Waals surface area contributed by atoms with E-state index >= 15 is 0 Å². The fraction of sp³-hybridized carbons (Fsp3) is 0.739. The standard InChI is InChI=1S/C23H37N3O12/c1-3-37-23(32)16-24-18(27)17-25(8-9-34-12-13-36-15-14-35-11-10-33-2)19(28)6-7-22(31)38-26-20(29)4-5-21(26)30/h3-17H2,1-2H3,(H,24,27). The van der Waals surface area contributed by atoms with Gasteiger partial charge in [0.05, 0.1) is 65.8 Å². The highest BCUT2D eigenvalue weighted by Crippen LogP contribution is 2.13. The summed E-state index contributed by atoms with van der Waals surface area (Å²) < 4.78 is 25.7. The van der Waals surface area contributed by atoms with Crippen molar-refractivity contribution in [2.45, 2.75) is 32.6 Å². The average molecular weight is 548 g/mol. The minimum atomic E-state index is -0.937. The van der Waals surface area contributed by atoms with E-state index in [0.717, 1.165) is 4.90 Å². The maximum atomic E-state index is 12.7. The highest BCUT2D eigenvalue weighted by Gasteiger charge is 2.33. The van der Waals surface area contributed by atoms with Gasteiger partial charge in [-0.2, -0.15) is 0 Å². The molecule has 1 aliphatic rings. The summed E-state index contributed by atoms with van der Waals surface area (Å²) >= 11 is 0. The zero-order valence-electron chi connectivity index (χ0n) is 21.9. The van der Waals surface area contributed by atoms with E-state index in [1.54, 1.807) is 14.0 Å². The topological polar surface area (TPSA) is 176 Å². The second-order valence-electron chi connectivity index (χ2n) is 7.77. The number of ether oxygens (including phenoxy) is 5. The van der Waals surface area contributed by atoms with Crippen LogP contribution >= 0.6 is 0 Å². The molecule has 0 aromatic carbocycles. The predicted octanol–water partition coefficient (Wildman–Crippen LogP) is -1.42. The highest BCUT2D eigenvalue weighted by atomic mass is 16.7. The summed E-state index contributed by atoms with van der Waals surface area (Å²) in [4.78, 5) is 77.4. The smallest absolute Gasteiger partial charge is 0.333 e. The lowest BCUT2D eigenvalue weighted by Gasteiger charge is -2.22. The average Bonchev–Trinajstić information content (AvgIpc) is 3.20. The molecule has 1 N–H and O–H groups in total. The molecule has 0 bridgehead atoms. The van der Waals surface area contributed by atoms with Crippen LogP contribution in [0.25, 0.3) is 0 Å². The monoisotopic (exact) mass is 547 g/mol. The Bertz CT molecular complexity index is 776. The van der Waals surface area contributed by atoms with Crippen molar-refractivity contribution < 1.29 is 57.3 Å². The number of rotatable bonds is 21. The first kappa shape index (κ1) is 32.9. The molecule has 38 heavy (non-hydrogen) atoms. The molecule has 15 nitrogen and oxygen atoms in total. The lowest BCUT2D eigenvalue weighted by atomic mass is 10.2. The van der Waals surface area contributed by atoms with E-state index in [0.29, 0.717) is 38.1 Å². The number of nitrogens with one attached hydrogen (secondary N) is 1. The van der Waals surface area contributed by atoms with Gasteiger partial charge in [-0.25, -0.2) is 4.79 Å². The van der Waals surface area contributed by atoms with Crippen molar-refractivity contribution in [2.75, 3.05) is 79.6 Å². The summed E-state index contributed by atoms with van der Waals surface area (Å²) in [7, 11) is 1.58. The first-order valence-corrected chi connectivity index (χ1v) is 12.3. The molecular weight excluding hydrogens is 510 g/mol. The molecule has 0 atom stereocenters. The second kappa shape index (κ2) is 19.9. The zero-order valence-corrected chi connectivity index (χ0v) is 21.9. The highest BCUT2D eigenvalue weighted by molar-refractivity contribution is 6.01. The lowest BCUT2D eigenvalue weighted by Crippen LogP contribution is -2.44. The Morgan fingerprint density at radius 3 is 2.00 bits per heavy atom. The van der Waals surface area contributed by atoms with Crippen LogP contribution in [-0.4, -0.2) is 125 Å². The summed E-state index contributed by atoms with van der Waals surface area (Å²) in [6.07, 6.45) is -0.857. The van der Waals surface area contributed by atoms with Crippen molar-refractivity contribution in [3.63, 3.8) is 0 Å². The van der Waals surface area contributed by atoms with Crippen molar-refractivity contribution >= 4 is 35.6 Å². The Morgan fingerprint density at radius 1 is 0.842 bits per heavy atom. The van der Waals surface area contributed by atoms with Gasteiger partial charge in [-0.1, -0.05) is 0 Å². The fourth-order valence-corrected chi connectivity index (χ4v) is 2.94. The van der Waals surface area contributed by atoms with Crippen molar-refractivity contribution in [3.8, 4) is 0 Å². The normalized spacial score (nSPS) is 12.9. The molecule has 1 fully saturated rings. The number of carbonyl (C=O) groups is 6. The summed E-state index contributed by atoms with van der Waals surface area (Å²) in [6.45, 7) is 3.41. The van der Waals surface area contributed by atoms with E-state index in [1.807, 2.05) is 0 Å². The number of amides is 4. The van der Waals surface area contributed by atoms with Gasteiger partial charge in [-0.15, -0.1) is 5.06 Å². The zero-order chi connectivity index (χ0) is 28.2. The Balaban J connectivity index is 2.45. The van der Waals surface area contributed by atoms with Crippen molar-refractivity contribution in [1.29, 1.82) is 0 Å². The number of nitrogens with zero attached hydrogens (tertiary/aromatic N) is 2. The molecule has 0 aromatic rings. The summed E-state index contributed by atoms with van der Waals surface area (Å²) in [5.74, 6) is -4.00. The molecule has 0 radical (unpaired) electrons. The number of carbonyl (C=O) groups excluding carboxylic acids is 6. The minimum absolute atomic E-state index is 0.0178. The second-order valence-corrected chi connectivity index (χ2v) is 7.77. The number of esters is 1. The van der Waals surface area contributed by atoms with E-state index in [2.05, 4.69) is 5.32 Å². The quantitative estimate of drug-likeness (QED) is 0.101. The molecule has 4 amide bonds. The third-order valence-corrected chi connectivity index (χ3v) is 4.85. The van der Waals surface area contributed by atoms with E-state index in [1.165, 1.54) is 0 Å². The molecule has 1 rings (SSSR count). The first-order valence-electron chi connectivity index (χ1n) is 12.3.